The summed E-state index contributed by atoms with van der Waals surface area (Å²) in [7, 11) is 0. The minimum atomic E-state index is -4.47. The van der Waals surface area contributed by atoms with Crippen LogP contribution < -0.4 is 0 Å². The summed E-state index contributed by atoms with van der Waals surface area (Å²) in [4.78, 5) is 0. The lowest BCUT2D eigenvalue weighted by atomic mass is 9.89. The van der Waals surface area contributed by atoms with Crippen LogP contribution in [0.3, 0.4) is 0 Å². The van der Waals surface area contributed by atoms with Crippen LogP contribution >= 0.6 is 0 Å². The summed E-state index contributed by atoms with van der Waals surface area (Å²) in [5, 5.41) is 0. The summed E-state index contributed by atoms with van der Waals surface area (Å²) in [5.74, 6) is -0.318. The van der Waals surface area contributed by atoms with Crippen molar-refractivity contribution >= 4 is 24.3 Å². The van der Waals surface area contributed by atoms with E-state index in [0.29, 0.717) is 11.1 Å². The molecule has 0 N–H and O–H groups in total. The highest BCUT2D eigenvalue weighted by atomic mass is 19.4. The third-order valence-corrected chi connectivity index (χ3v) is 6.58. The van der Waals surface area contributed by atoms with Crippen LogP contribution in [0, 0.1) is 19.7 Å². The van der Waals surface area contributed by atoms with E-state index in [9.17, 15) is 17.6 Å². The number of benzene rings is 4. The number of hydrogen-bond donors (Lipinski definition) is 0. The van der Waals surface area contributed by atoms with E-state index < -0.39 is 11.7 Å². The Bertz CT molecular complexity index is 1520. The van der Waals surface area contributed by atoms with Crippen LogP contribution in [0.4, 0.5) is 17.6 Å². The van der Waals surface area contributed by atoms with Crippen molar-refractivity contribution in [3.05, 3.63) is 131 Å². The van der Waals surface area contributed by atoms with Gasteiger partial charge in [0.1, 0.15) is 5.82 Å². The van der Waals surface area contributed by atoms with Gasteiger partial charge in [-0.15, -0.1) is 0 Å². The fraction of sp³-hybridized carbons (Fsp3) is 0.0909. The molecule has 0 saturated carbocycles. The second-order valence-corrected chi connectivity index (χ2v) is 8.82. The van der Waals surface area contributed by atoms with E-state index in [1.807, 2.05) is 50.2 Å². The quantitative estimate of drug-likeness (QED) is 0.183. The topological polar surface area (TPSA) is 0 Å². The summed E-state index contributed by atoms with van der Waals surface area (Å²) in [5.41, 5.74) is 6.54. The van der Waals surface area contributed by atoms with E-state index in [1.165, 1.54) is 30.4 Å². The van der Waals surface area contributed by atoms with Gasteiger partial charge in [0.25, 0.3) is 0 Å². The zero-order chi connectivity index (χ0) is 26.7. The van der Waals surface area contributed by atoms with Crippen LogP contribution in [0.15, 0.2) is 86.0 Å². The molecule has 0 aliphatic heterocycles. The molecule has 0 saturated heterocycles. The van der Waals surface area contributed by atoms with Crippen molar-refractivity contribution in [1.29, 1.82) is 0 Å². The van der Waals surface area contributed by atoms with Gasteiger partial charge in [-0.1, -0.05) is 86.0 Å². The maximum Gasteiger partial charge on any atom is 0.416 e. The van der Waals surface area contributed by atoms with Crippen molar-refractivity contribution in [2.75, 3.05) is 0 Å². The van der Waals surface area contributed by atoms with Gasteiger partial charge >= 0.3 is 6.18 Å². The average molecular weight is 499 g/mol. The summed E-state index contributed by atoms with van der Waals surface area (Å²) < 4.78 is 55.5. The average Bonchev–Trinajstić information content (AvgIpc) is 2.88. The third-order valence-electron chi connectivity index (χ3n) is 6.58. The van der Waals surface area contributed by atoms with Gasteiger partial charge in [-0.2, -0.15) is 13.2 Å². The fourth-order valence-corrected chi connectivity index (χ4v) is 4.51. The largest absolute Gasteiger partial charge is 0.416 e. The molecule has 37 heavy (non-hydrogen) atoms. The standard InChI is InChI=1S/C33H26F4/c1-5-23-13-17-31(33(35,36)37)26(19-23)16-15-25-9-7-10-27(21(25)3)28-11-8-12-29(22(28)4)30-20-24(6-2)14-18-32(30)34/h5-20H,1-2H2,3-4H3/b16-15+. The lowest BCUT2D eigenvalue weighted by Gasteiger charge is -2.16. The zero-order valence-corrected chi connectivity index (χ0v) is 20.7. The maximum atomic E-state index is 14.8. The first-order valence-electron chi connectivity index (χ1n) is 11.8. The van der Waals surface area contributed by atoms with Crippen molar-refractivity contribution in [1.82, 2.24) is 0 Å². The normalized spacial score (nSPS) is 11.6. The molecule has 4 aromatic carbocycles. The fourth-order valence-electron chi connectivity index (χ4n) is 4.51. The molecule has 0 aromatic heterocycles. The van der Waals surface area contributed by atoms with Crippen molar-refractivity contribution < 1.29 is 17.6 Å². The van der Waals surface area contributed by atoms with Crippen LogP contribution in [-0.2, 0) is 6.18 Å². The molecule has 0 heterocycles. The van der Waals surface area contributed by atoms with Crippen molar-refractivity contribution in [3.63, 3.8) is 0 Å². The molecular weight excluding hydrogens is 472 g/mol. The van der Waals surface area contributed by atoms with Crippen LogP contribution in [-0.4, -0.2) is 0 Å². The highest BCUT2D eigenvalue weighted by Gasteiger charge is 2.32. The molecule has 0 aliphatic carbocycles. The van der Waals surface area contributed by atoms with E-state index in [0.717, 1.165) is 45.0 Å². The van der Waals surface area contributed by atoms with Gasteiger partial charge in [-0.3, -0.25) is 0 Å². The first-order valence-corrected chi connectivity index (χ1v) is 11.8. The highest BCUT2D eigenvalue weighted by Crippen LogP contribution is 2.37. The molecule has 0 unspecified atom stereocenters. The molecule has 0 nitrogen and oxygen atoms in total. The van der Waals surface area contributed by atoms with Crippen LogP contribution in [0.2, 0.25) is 0 Å². The van der Waals surface area contributed by atoms with Gasteiger partial charge < -0.3 is 0 Å². The van der Waals surface area contributed by atoms with E-state index in [1.54, 1.807) is 24.3 Å². The Morgan fingerprint density at radius 2 is 1.16 bits per heavy atom. The van der Waals surface area contributed by atoms with Crippen LogP contribution in [0.25, 0.3) is 46.6 Å². The molecule has 4 aromatic rings. The molecule has 0 amide bonds. The molecule has 4 heteroatoms. The summed E-state index contributed by atoms with van der Waals surface area (Å²) in [6, 6.07) is 20.3. The monoisotopic (exact) mass is 498 g/mol. The number of alkyl halides is 3. The van der Waals surface area contributed by atoms with Gasteiger partial charge in [0.15, 0.2) is 0 Å². The Hall–Kier alpha value is -4.18. The van der Waals surface area contributed by atoms with Gasteiger partial charge in [0, 0.05) is 5.56 Å². The summed E-state index contributed by atoms with van der Waals surface area (Å²) in [6.07, 6.45) is 1.92. The maximum absolute atomic E-state index is 14.8. The predicted molar refractivity (Wildman–Crippen MR) is 147 cm³/mol. The van der Waals surface area contributed by atoms with Crippen LogP contribution in [0.1, 0.15) is 38.9 Å². The van der Waals surface area contributed by atoms with Crippen LogP contribution in [0.5, 0.6) is 0 Å². The SMILES string of the molecule is C=Cc1ccc(C(F)(F)F)c(/C=C/c2cccc(-c3cccc(-c4cc(C=C)ccc4F)c3C)c2C)c1. The molecule has 0 spiro atoms. The number of rotatable bonds is 6. The highest BCUT2D eigenvalue weighted by molar-refractivity contribution is 5.83. The summed E-state index contributed by atoms with van der Waals surface area (Å²) in [6.45, 7) is 11.3. The Morgan fingerprint density at radius 1 is 0.622 bits per heavy atom. The zero-order valence-electron chi connectivity index (χ0n) is 20.7. The molecule has 186 valence electrons. The first kappa shape index (κ1) is 25.9. The van der Waals surface area contributed by atoms with Crippen molar-refractivity contribution in [2.24, 2.45) is 0 Å². The molecule has 0 aliphatic rings. The van der Waals surface area contributed by atoms with Crippen molar-refractivity contribution in [3.8, 4) is 22.3 Å². The number of hydrogen-bond acceptors (Lipinski definition) is 0. The molecular formula is C33H26F4. The molecule has 0 atom stereocenters. The Balaban J connectivity index is 1.79. The molecule has 4 rings (SSSR count). The molecule has 0 bridgehead atoms. The molecule has 0 fully saturated rings. The minimum absolute atomic E-state index is 0.0745. The summed E-state index contributed by atoms with van der Waals surface area (Å²) >= 11 is 0. The van der Waals surface area contributed by atoms with E-state index >= 15 is 0 Å². The first-order chi connectivity index (χ1) is 17.6. The Kier molecular flexibility index (Phi) is 7.30. The van der Waals surface area contributed by atoms with Gasteiger partial charge in [-0.05, 0) is 88.2 Å². The molecule has 0 radical (unpaired) electrons. The van der Waals surface area contributed by atoms with E-state index in [-0.39, 0.29) is 11.4 Å². The van der Waals surface area contributed by atoms with Gasteiger partial charge in [0.2, 0.25) is 0 Å². The minimum Gasteiger partial charge on any atom is -0.206 e. The lowest BCUT2D eigenvalue weighted by molar-refractivity contribution is -0.137. The Morgan fingerprint density at radius 3 is 1.81 bits per heavy atom. The van der Waals surface area contributed by atoms with Gasteiger partial charge in [0.05, 0.1) is 5.56 Å². The van der Waals surface area contributed by atoms with E-state index in [2.05, 4.69) is 13.2 Å². The predicted octanol–water partition coefficient (Wildman–Crippen LogP) is 10.3. The second kappa shape index (κ2) is 10.4. The van der Waals surface area contributed by atoms with Crippen molar-refractivity contribution in [2.45, 2.75) is 20.0 Å². The second-order valence-electron chi connectivity index (χ2n) is 8.82. The number of halogens is 4. The van der Waals surface area contributed by atoms with Gasteiger partial charge in [-0.25, -0.2) is 4.39 Å². The third kappa shape index (κ3) is 5.34. The van der Waals surface area contributed by atoms with E-state index in [4.69, 9.17) is 0 Å². The smallest absolute Gasteiger partial charge is 0.206 e. The Labute approximate surface area is 214 Å². The lowest BCUT2D eigenvalue weighted by Crippen LogP contribution is -2.07.